The average molecular weight is 1000 g/mol. The molecule has 3 aromatic heterocycles. The molecule has 0 saturated heterocycles. The third-order valence-electron chi connectivity index (χ3n) is 6.99. The maximum absolute atomic E-state index is 12.2. The molecule has 250 valence electrons. The number of amides is 2. The van der Waals surface area contributed by atoms with Crippen molar-refractivity contribution in [1.29, 1.82) is 0 Å². The molecule has 0 unspecified atom stereocenters. The fourth-order valence-corrected chi connectivity index (χ4v) is 6.37. The van der Waals surface area contributed by atoms with E-state index in [1.807, 2.05) is 45.5 Å². The van der Waals surface area contributed by atoms with Crippen molar-refractivity contribution in [3.8, 4) is 10.7 Å². The van der Waals surface area contributed by atoms with E-state index in [9.17, 15) is 14.7 Å². The number of aryl methyl sites for hydroxylation is 4. The number of rotatable bonds is 8. The number of methoxy groups -OCH3 is 1. The van der Waals surface area contributed by atoms with Crippen LogP contribution in [0.1, 0.15) is 75.2 Å². The number of aromatic nitrogens is 6. The number of ether oxygens (including phenoxy) is 1. The van der Waals surface area contributed by atoms with Gasteiger partial charge in [0, 0.05) is 0 Å². The SMILES string of the molecule is C.C/C=C(\C=C(/C)c1nnc(-c2c(C)c(C)nn2C)s1)[C](=[W])OC.Cc1nn(C)c(C(=O)NNC(=O)c2cccc([C](O)=[W])c2)c1C. The van der Waals surface area contributed by atoms with Gasteiger partial charge in [0.15, 0.2) is 0 Å². The number of hydrazine groups is 1. The van der Waals surface area contributed by atoms with E-state index in [4.69, 9.17) is 4.74 Å². The van der Waals surface area contributed by atoms with Gasteiger partial charge in [-0.1, -0.05) is 7.43 Å². The Morgan fingerprint density at radius 3 is 2.09 bits per heavy atom. The molecule has 0 aliphatic heterocycles. The number of aliphatic hydroxyl groups is 1. The average Bonchev–Trinajstić information content (AvgIpc) is 3.68. The standard InChI is InChI=1S/C16H20N4OS.C15H16N4O3.CH4.2W/c1-7-13(9-21-6)8-10(2)15-17-18-16(22-15)14-11(3)12(4)19-20(14)5;1-9-10(2)18-19(3)13(9)15(22)17-16-14(21)12-6-4-5-11(7-12)8-20;;;/h7-8H,1-6H3;4-7,20H,1-3H3,(H,16,21)(H,17,22);1H4;;/b10-8+,13-7+;;;;. The second-order valence-corrected chi connectivity index (χ2v) is 13.8. The summed E-state index contributed by atoms with van der Waals surface area (Å²) in [6.45, 7) is 11.7. The van der Waals surface area contributed by atoms with Gasteiger partial charge in [-0.25, -0.2) is 0 Å². The molecule has 0 aliphatic rings. The van der Waals surface area contributed by atoms with E-state index < -0.39 is 11.8 Å². The van der Waals surface area contributed by atoms with Crippen molar-refractivity contribution in [2.24, 2.45) is 14.1 Å². The van der Waals surface area contributed by atoms with Crippen LogP contribution in [0.4, 0.5) is 0 Å². The van der Waals surface area contributed by atoms with Crippen molar-refractivity contribution in [3.05, 3.63) is 86.3 Å². The minimum atomic E-state index is -0.465. The van der Waals surface area contributed by atoms with Gasteiger partial charge in [-0.2, -0.15) is 0 Å². The van der Waals surface area contributed by atoms with Crippen molar-refractivity contribution in [2.75, 3.05) is 7.11 Å². The number of nitrogens with zero attached hydrogens (tertiary/aromatic N) is 6. The molecule has 0 spiro atoms. The fourth-order valence-electron chi connectivity index (χ4n) is 4.33. The summed E-state index contributed by atoms with van der Waals surface area (Å²) in [6.07, 6.45) is 4.14. The number of allylic oxidation sites excluding steroid dienone is 2. The van der Waals surface area contributed by atoms with Crippen LogP contribution in [0.25, 0.3) is 16.3 Å². The molecule has 2 amide bonds. The van der Waals surface area contributed by atoms with Gasteiger partial charge in [0.1, 0.15) is 0 Å². The van der Waals surface area contributed by atoms with E-state index in [0.717, 1.165) is 72.8 Å². The Labute approximate surface area is 301 Å². The van der Waals surface area contributed by atoms with Gasteiger partial charge >= 0.3 is 295 Å². The molecule has 0 radical (unpaired) electrons. The number of benzene rings is 1. The summed E-state index contributed by atoms with van der Waals surface area (Å²) < 4.78 is 9.86. The summed E-state index contributed by atoms with van der Waals surface area (Å²) in [5.41, 5.74) is 12.9. The molecule has 3 N–H and O–H groups in total. The van der Waals surface area contributed by atoms with Crippen molar-refractivity contribution >= 4 is 36.9 Å². The molecule has 4 rings (SSSR count). The van der Waals surface area contributed by atoms with Crippen molar-refractivity contribution < 1.29 is 58.1 Å². The van der Waals surface area contributed by atoms with Crippen LogP contribution in [-0.4, -0.2) is 62.0 Å². The number of hydrogen-bond donors (Lipinski definition) is 3. The van der Waals surface area contributed by atoms with Crippen LogP contribution in [0.15, 0.2) is 42.0 Å². The molecule has 4 aromatic rings. The Hall–Kier alpha value is -3.34. The summed E-state index contributed by atoms with van der Waals surface area (Å²) in [7, 11) is 5.31. The zero-order valence-electron chi connectivity index (χ0n) is 27.0. The Bertz CT molecular complexity index is 1870. The topological polar surface area (TPSA) is 149 Å². The second kappa shape index (κ2) is 17.7. The van der Waals surface area contributed by atoms with Gasteiger partial charge in [-0.15, -0.1) is 0 Å². The number of aliphatic hydroxyl groups excluding tert-OH is 1. The number of carbonyl (C=O) groups is 2. The van der Waals surface area contributed by atoms with Crippen molar-refractivity contribution in [2.45, 2.75) is 49.0 Å². The predicted molar refractivity (Wildman–Crippen MR) is 178 cm³/mol. The molecular weight excluding hydrogens is 960 g/mol. The molecule has 0 atom stereocenters. The molecule has 12 nitrogen and oxygen atoms in total. The molecule has 15 heteroatoms. The molecule has 0 bridgehead atoms. The zero-order chi connectivity index (χ0) is 34.3. The van der Waals surface area contributed by atoms with Gasteiger partial charge in [0.2, 0.25) is 0 Å². The van der Waals surface area contributed by atoms with Crippen LogP contribution in [0.5, 0.6) is 0 Å². The third-order valence-corrected chi connectivity index (χ3v) is 10.3. The van der Waals surface area contributed by atoms with Crippen LogP contribution < -0.4 is 10.9 Å². The summed E-state index contributed by atoms with van der Waals surface area (Å²) >= 11 is 3.80. The molecular formula is C32H40N8O4SW2. The molecule has 0 aliphatic carbocycles. The van der Waals surface area contributed by atoms with Crippen molar-refractivity contribution in [1.82, 2.24) is 40.6 Å². The summed E-state index contributed by atoms with van der Waals surface area (Å²) in [5.74, 6) is -0.905. The number of nitrogens with one attached hydrogen (secondary N) is 2. The van der Waals surface area contributed by atoms with Crippen LogP contribution >= 0.6 is 11.3 Å². The van der Waals surface area contributed by atoms with Gasteiger partial charge in [-0.05, 0) is 0 Å². The van der Waals surface area contributed by atoms with E-state index in [1.54, 1.807) is 56.7 Å². The monoisotopic (exact) mass is 1000 g/mol. The normalized spacial score (nSPS) is 11.3. The second-order valence-electron chi connectivity index (χ2n) is 10.1. The Morgan fingerprint density at radius 2 is 1.55 bits per heavy atom. The summed E-state index contributed by atoms with van der Waals surface area (Å²) in [4.78, 5) is 24.3. The van der Waals surface area contributed by atoms with Crippen molar-refractivity contribution in [3.63, 3.8) is 0 Å². The van der Waals surface area contributed by atoms with Gasteiger partial charge in [-0.3, -0.25) is 0 Å². The predicted octanol–water partition coefficient (Wildman–Crippen LogP) is 4.37. The van der Waals surface area contributed by atoms with Gasteiger partial charge in [0.25, 0.3) is 0 Å². The Balaban J connectivity index is 0.000000320. The van der Waals surface area contributed by atoms with Crippen LogP contribution in [0, 0.1) is 27.7 Å². The van der Waals surface area contributed by atoms with Gasteiger partial charge < -0.3 is 0 Å². The van der Waals surface area contributed by atoms with E-state index in [2.05, 4.69) is 44.2 Å². The van der Waals surface area contributed by atoms with E-state index in [-0.39, 0.29) is 11.5 Å². The zero-order valence-corrected chi connectivity index (χ0v) is 33.7. The van der Waals surface area contributed by atoms with E-state index in [1.165, 1.54) is 24.0 Å². The van der Waals surface area contributed by atoms with Crippen LogP contribution in [-0.2, 0) is 57.5 Å². The van der Waals surface area contributed by atoms with Crippen LogP contribution in [0.2, 0.25) is 0 Å². The maximum atomic E-state index is 12.2. The van der Waals surface area contributed by atoms with E-state index in [0.29, 0.717) is 16.8 Å². The molecule has 47 heavy (non-hydrogen) atoms. The summed E-state index contributed by atoms with van der Waals surface area (Å²) in [6, 6.07) is 6.53. The first-order chi connectivity index (χ1) is 21.7. The number of carbonyl (C=O) groups excluding carboxylic acids is 2. The van der Waals surface area contributed by atoms with Gasteiger partial charge in [0.05, 0.1) is 0 Å². The summed E-state index contributed by atoms with van der Waals surface area (Å²) in [5, 5.41) is 28.6. The molecule has 1 aromatic carbocycles. The Kier molecular flexibility index (Phi) is 15.0. The van der Waals surface area contributed by atoms with Crippen LogP contribution in [0.3, 0.4) is 0 Å². The minimum absolute atomic E-state index is 0. The van der Waals surface area contributed by atoms with E-state index >= 15 is 0 Å². The third kappa shape index (κ3) is 9.84. The quantitative estimate of drug-likeness (QED) is 0.174. The Morgan fingerprint density at radius 1 is 0.957 bits per heavy atom. The molecule has 3 heterocycles. The first-order valence-electron chi connectivity index (χ1n) is 13.9. The molecule has 0 fully saturated rings. The fraction of sp³-hybridized carbons (Fsp3) is 0.312. The number of hydrogen-bond acceptors (Lipinski definition) is 9. The first kappa shape index (κ1) is 39.8. The molecule has 0 saturated carbocycles. The first-order valence-corrected chi connectivity index (χ1v) is 17.7.